The van der Waals surface area contributed by atoms with E-state index in [1.807, 2.05) is 48.7 Å². The molecule has 0 saturated carbocycles. The Bertz CT molecular complexity index is 1090. The summed E-state index contributed by atoms with van der Waals surface area (Å²) in [5.74, 6) is 1.49. The van der Waals surface area contributed by atoms with Gasteiger partial charge in [-0.05, 0) is 69.7 Å². The van der Waals surface area contributed by atoms with Crippen LogP contribution in [0, 0.1) is 10.5 Å². The first-order valence-corrected chi connectivity index (χ1v) is 10.2. The lowest BCUT2D eigenvalue weighted by molar-refractivity contribution is 0.471. The average molecular weight is 532 g/mol. The third kappa shape index (κ3) is 3.91. The van der Waals surface area contributed by atoms with Crippen molar-refractivity contribution in [3.63, 3.8) is 0 Å². The van der Waals surface area contributed by atoms with E-state index in [9.17, 15) is 0 Å². The van der Waals surface area contributed by atoms with Gasteiger partial charge in [0.1, 0.15) is 17.1 Å². The van der Waals surface area contributed by atoms with Gasteiger partial charge in [-0.2, -0.15) is 0 Å². The first-order chi connectivity index (χ1) is 13.1. The van der Waals surface area contributed by atoms with Gasteiger partial charge < -0.3 is 4.74 Å². The highest BCUT2D eigenvalue weighted by molar-refractivity contribution is 14.1. The molecule has 4 rings (SSSR count). The first-order valence-electron chi connectivity index (χ1n) is 8.32. The molecule has 0 bridgehead atoms. The standard InChI is InChI=1S/C21H15BrIN3O/c1-14-9-11-15(12-10-14)18-13-26(25-24-18)19-7-4-6-17(23)21(19)27-20-8-3-2-5-16(20)22/h2-13H,1H3. The minimum absolute atomic E-state index is 0.741. The fourth-order valence-corrected chi connectivity index (χ4v) is 3.61. The second-order valence-corrected chi connectivity index (χ2v) is 8.05. The predicted octanol–water partition coefficient (Wildman–Crippen LogP) is 6.40. The summed E-state index contributed by atoms with van der Waals surface area (Å²) < 4.78 is 9.86. The van der Waals surface area contributed by atoms with Crippen molar-refractivity contribution in [3.05, 3.63) is 86.5 Å². The normalized spacial score (nSPS) is 10.8. The van der Waals surface area contributed by atoms with Gasteiger partial charge in [0.15, 0.2) is 5.75 Å². The van der Waals surface area contributed by atoms with Crippen LogP contribution in [0.25, 0.3) is 16.9 Å². The van der Waals surface area contributed by atoms with Crippen molar-refractivity contribution in [3.8, 4) is 28.4 Å². The van der Waals surface area contributed by atoms with Gasteiger partial charge in [-0.3, -0.25) is 0 Å². The fourth-order valence-electron chi connectivity index (χ4n) is 2.65. The number of hydrogen-bond acceptors (Lipinski definition) is 3. The van der Waals surface area contributed by atoms with Gasteiger partial charge in [-0.25, -0.2) is 4.68 Å². The second-order valence-electron chi connectivity index (χ2n) is 6.03. The molecule has 27 heavy (non-hydrogen) atoms. The molecule has 0 amide bonds. The van der Waals surface area contributed by atoms with E-state index >= 15 is 0 Å². The molecular formula is C21H15BrIN3O. The topological polar surface area (TPSA) is 39.9 Å². The molecule has 0 radical (unpaired) electrons. The lowest BCUT2D eigenvalue weighted by Crippen LogP contribution is -2.00. The molecule has 0 aliphatic rings. The highest BCUT2D eigenvalue weighted by Crippen LogP contribution is 2.36. The number of para-hydroxylation sites is 2. The van der Waals surface area contributed by atoms with Crippen LogP contribution in [-0.2, 0) is 0 Å². The predicted molar refractivity (Wildman–Crippen MR) is 118 cm³/mol. The van der Waals surface area contributed by atoms with Crippen LogP contribution < -0.4 is 4.74 Å². The molecule has 1 aromatic heterocycles. The number of nitrogens with zero attached hydrogens (tertiary/aromatic N) is 3. The van der Waals surface area contributed by atoms with Crippen molar-refractivity contribution in [2.75, 3.05) is 0 Å². The summed E-state index contributed by atoms with van der Waals surface area (Å²) in [6.07, 6.45) is 1.92. The molecular weight excluding hydrogens is 517 g/mol. The van der Waals surface area contributed by atoms with E-state index < -0.39 is 0 Å². The third-order valence-electron chi connectivity index (χ3n) is 4.08. The first kappa shape index (κ1) is 18.2. The van der Waals surface area contributed by atoms with Gasteiger partial charge in [0.05, 0.1) is 14.2 Å². The van der Waals surface area contributed by atoms with Crippen molar-refractivity contribution in [2.45, 2.75) is 6.92 Å². The Balaban J connectivity index is 1.74. The maximum atomic E-state index is 6.21. The molecule has 0 fully saturated rings. The number of benzene rings is 3. The highest BCUT2D eigenvalue weighted by atomic mass is 127. The minimum atomic E-state index is 0.741. The number of aromatic nitrogens is 3. The van der Waals surface area contributed by atoms with Crippen LogP contribution in [-0.4, -0.2) is 15.0 Å². The van der Waals surface area contributed by atoms with E-state index in [1.165, 1.54) is 5.56 Å². The molecule has 0 N–H and O–H groups in total. The molecule has 4 nitrogen and oxygen atoms in total. The Hall–Kier alpha value is -2.19. The quantitative estimate of drug-likeness (QED) is 0.286. The zero-order valence-corrected chi connectivity index (χ0v) is 18.2. The summed E-state index contributed by atoms with van der Waals surface area (Å²) in [4.78, 5) is 0. The van der Waals surface area contributed by atoms with Gasteiger partial charge in [-0.1, -0.05) is 53.2 Å². The van der Waals surface area contributed by atoms with Crippen LogP contribution in [0.4, 0.5) is 0 Å². The van der Waals surface area contributed by atoms with E-state index in [0.29, 0.717) is 0 Å². The van der Waals surface area contributed by atoms with Crippen molar-refractivity contribution in [2.24, 2.45) is 0 Å². The SMILES string of the molecule is Cc1ccc(-c2cn(-c3cccc(I)c3Oc3ccccc3Br)nn2)cc1. The van der Waals surface area contributed by atoms with Crippen molar-refractivity contribution in [1.82, 2.24) is 15.0 Å². The van der Waals surface area contributed by atoms with E-state index in [1.54, 1.807) is 4.68 Å². The zero-order chi connectivity index (χ0) is 18.8. The molecule has 0 atom stereocenters. The monoisotopic (exact) mass is 531 g/mol. The molecule has 4 aromatic rings. The molecule has 1 heterocycles. The van der Waals surface area contributed by atoms with E-state index in [4.69, 9.17) is 4.74 Å². The van der Waals surface area contributed by atoms with Crippen LogP contribution >= 0.6 is 38.5 Å². The zero-order valence-electron chi connectivity index (χ0n) is 14.4. The van der Waals surface area contributed by atoms with Gasteiger partial charge in [0.2, 0.25) is 0 Å². The number of rotatable bonds is 4. The van der Waals surface area contributed by atoms with Crippen LogP contribution in [0.2, 0.25) is 0 Å². The molecule has 0 aliphatic heterocycles. The number of ether oxygens (including phenoxy) is 1. The Labute approximate surface area is 179 Å². The highest BCUT2D eigenvalue weighted by Gasteiger charge is 2.15. The molecule has 0 aliphatic carbocycles. The third-order valence-corrected chi connectivity index (χ3v) is 5.59. The van der Waals surface area contributed by atoms with Gasteiger partial charge in [0, 0.05) is 5.56 Å². The molecule has 3 aromatic carbocycles. The summed E-state index contributed by atoms with van der Waals surface area (Å²) in [6.45, 7) is 2.07. The maximum absolute atomic E-state index is 6.21. The summed E-state index contributed by atoms with van der Waals surface area (Å²) in [6, 6.07) is 22.0. The Morgan fingerprint density at radius 2 is 1.74 bits per heavy atom. The largest absolute Gasteiger partial charge is 0.453 e. The Kier molecular flexibility index (Phi) is 5.27. The summed E-state index contributed by atoms with van der Waals surface area (Å²) in [5, 5.41) is 8.66. The Morgan fingerprint density at radius 1 is 0.963 bits per heavy atom. The fraction of sp³-hybridized carbons (Fsp3) is 0.0476. The average Bonchev–Trinajstić information content (AvgIpc) is 3.15. The van der Waals surface area contributed by atoms with Crippen LogP contribution in [0.15, 0.2) is 77.4 Å². The van der Waals surface area contributed by atoms with Gasteiger partial charge in [-0.15, -0.1) is 5.10 Å². The summed E-state index contributed by atoms with van der Waals surface area (Å²) in [5.41, 5.74) is 3.91. The number of halogens is 2. The van der Waals surface area contributed by atoms with Crippen LogP contribution in [0.3, 0.4) is 0 Å². The van der Waals surface area contributed by atoms with E-state index in [0.717, 1.165) is 36.5 Å². The molecule has 0 saturated heterocycles. The van der Waals surface area contributed by atoms with Crippen LogP contribution in [0.1, 0.15) is 5.56 Å². The minimum Gasteiger partial charge on any atom is -0.453 e. The lowest BCUT2D eigenvalue weighted by Gasteiger charge is -2.13. The molecule has 0 spiro atoms. The van der Waals surface area contributed by atoms with Crippen LogP contribution in [0.5, 0.6) is 11.5 Å². The smallest absolute Gasteiger partial charge is 0.166 e. The van der Waals surface area contributed by atoms with Gasteiger partial charge in [0.25, 0.3) is 0 Å². The second kappa shape index (κ2) is 7.82. The maximum Gasteiger partial charge on any atom is 0.166 e. The van der Waals surface area contributed by atoms with Crippen molar-refractivity contribution in [1.29, 1.82) is 0 Å². The number of hydrogen-bond donors (Lipinski definition) is 0. The Morgan fingerprint density at radius 3 is 2.52 bits per heavy atom. The molecule has 134 valence electrons. The van der Waals surface area contributed by atoms with Crippen molar-refractivity contribution < 1.29 is 4.74 Å². The summed E-state index contributed by atoms with van der Waals surface area (Å²) >= 11 is 5.81. The van der Waals surface area contributed by atoms with Gasteiger partial charge >= 0.3 is 0 Å². The molecule has 0 unspecified atom stereocenters. The molecule has 6 heteroatoms. The summed E-state index contributed by atoms with van der Waals surface area (Å²) in [7, 11) is 0. The van der Waals surface area contributed by atoms with E-state index in [-0.39, 0.29) is 0 Å². The lowest BCUT2D eigenvalue weighted by atomic mass is 10.1. The number of aryl methyl sites for hydroxylation is 1. The van der Waals surface area contributed by atoms with E-state index in [2.05, 4.69) is 80.0 Å². The van der Waals surface area contributed by atoms with Crippen molar-refractivity contribution >= 4 is 38.5 Å².